The van der Waals surface area contributed by atoms with Crippen LogP contribution in [-0.2, 0) is 4.74 Å². The molecule has 1 fully saturated rings. The number of ketones is 1. The van der Waals surface area contributed by atoms with Crippen molar-refractivity contribution in [3.8, 4) is 5.75 Å². The number of rotatable bonds is 5. The SMILES string of the molecule is CCOC(=O)N1CCC2(CC1)CC(=O)c1cc(NCC(O)CO)ccc1O2. The molecular formula is C19H26N2O6. The van der Waals surface area contributed by atoms with Crippen molar-refractivity contribution in [3.05, 3.63) is 23.8 Å². The molecule has 1 amide bonds. The number of aliphatic hydroxyl groups is 2. The summed E-state index contributed by atoms with van der Waals surface area (Å²) in [7, 11) is 0. The molecule has 2 heterocycles. The van der Waals surface area contributed by atoms with Crippen LogP contribution in [0.3, 0.4) is 0 Å². The van der Waals surface area contributed by atoms with Crippen LogP contribution in [0.1, 0.15) is 36.5 Å². The van der Waals surface area contributed by atoms with E-state index >= 15 is 0 Å². The lowest BCUT2D eigenvalue weighted by Crippen LogP contribution is -2.52. The van der Waals surface area contributed by atoms with Crippen LogP contribution < -0.4 is 10.1 Å². The lowest BCUT2D eigenvalue weighted by atomic mass is 9.82. The number of Topliss-reactive ketones (excluding diaryl/α,β-unsaturated/α-hetero) is 1. The van der Waals surface area contributed by atoms with Gasteiger partial charge in [-0.25, -0.2) is 4.79 Å². The van der Waals surface area contributed by atoms with Crippen molar-refractivity contribution >= 4 is 17.6 Å². The number of hydrogen-bond acceptors (Lipinski definition) is 7. The minimum absolute atomic E-state index is 0.00666. The molecule has 1 aromatic carbocycles. The normalized spacial score (nSPS) is 19.2. The summed E-state index contributed by atoms with van der Waals surface area (Å²) in [5.74, 6) is 0.552. The van der Waals surface area contributed by atoms with E-state index < -0.39 is 11.7 Å². The summed E-state index contributed by atoms with van der Waals surface area (Å²) >= 11 is 0. The number of fused-ring (bicyclic) bond motifs is 1. The van der Waals surface area contributed by atoms with E-state index in [4.69, 9.17) is 14.6 Å². The Bertz CT molecular complexity index is 699. The lowest BCUT2D eigenvalue weighted by Gasteiger charge is -2.43. The summed E-state index contributed by atoms with van der Waals surface area (Å²) in [6.45, 7) is 2.98. The predicted octanol–water partition coefficient (Wildman–Crippen LogP) is 1.41. The van der Waals surface area contributed by atoms with Crippen LogP contribution in [0.25, 0.3) is 0 Å². The zero-order chi connectivity index (χ0) is 19.4. The van der Waals surface area contributed by atoms with E-state index in [1.807, 2.05) is 0 Å². The Balaban J connectivity index is 1.66. The highest BCUT2D eigenvalue weighted by atomic mass is 16.6. The van der Waals surface area contributed by atoms with Crippen LogP contribution >= 0.6 is 0 Å². The maximum Gasteiger partial charge on any atom is 0.409 e. The number of likely N-dealkylation sites (tertiary alicyclic amines) is 1. The average molecular weight is 378 g/mol. The molecule has 3 N–H and O–H groups in total. The number of ether oxygens (including phenoxy) is 2. The maximum atomic E-state index is 12.7. The number of nitrogens with one attached hydrogen (secondary N) is 1. The van der Waals surface area contributed by atoms with E-state index in [0.29, 0.717) is 49.5 Å². The van der Waals surface area contributed by atoms with E-state index in [9.17, 15) is 14.7 Å². The van der Waals surface area contributed by atoms with Gasteiger partial charge in [0.15, 0.2) is 5.78 Å². The zero-order valence-corrected chi connectivity index (χ0v) is 15.4. The highest BCUT2D eigenvalue weighted by Gasteiger charge is 2.44. The summed E-state index contributed by atoms with van der Waals surface area (Å²) in [5, 5.41) is 21.3. The van der Waals surface area contributed by atoms with Crippen LogP contribution in [-0.4, -0.2) is 71.5 Å². The van der Waals surface area contributed by atoms with E-state index in [1.165, 1.54) is 0 Å². The Morgan fingerprint density at radius 3 is 2.81 bits per heavy atom. The second-order valence-electron chi connectivity index (χ2n) is 7.00. The Hall–Kier alpha value is -2.32. The topological polar surface area (TPSA) is 108 Å². The summed E-state index contributed by atoms with van der Waals surface area (Å²) in [6, 6.07) is 5.24. The molecular weight excluding hydrogens is 352 g/mol. The Labute approximate surface area is 158 Å². The molecule has 148 valence electrons. The molecule has 8 heteroatoms. The number of amides is 1. The van der Waals surface area contributed by atoms with Gasteiger partial charge < -0.3 is 29.9 Å². The Morgan fingerprint density at radius 2 is 2.15 bits per heavy atom. The molecule has 27 heavy (non-hydrogen) atoms. The standard InChI is InChI=1S/C19H26N2O6/c1-2-26-18(25)21-7-5-19(6-8-21)10-16(24)15-9-13(3-4-17(15)27-19)20-11-14(23)12-22/h3-4,9,14,20,22-23H,2,5-8,10-12H2,1H3. The van der Waals surface area contributed by atoms with Crippen molar-refractivity contribution in [2.75, 3.05) is 38.2 Å². The largest absolute Gasteiger partial charge is 0.486 e. The molecule has 1 saturated heterocycles. The molecule has 0 saturated carbocycles. The number of carbonyl (C=O) groups excluding carboxylic acids is 2. The van der Waals surface area contributed by atoms with E-state index in [1.54, 1.807) is 30.0 Å². The van der Waals surface area contributed by atoms with Gasteiger partial charge in [-0.3, -0.25) is 4.79 Å². The molecule has 2 aliphatic rings. The number of aliphatic hydroxyl groups excluding tert-OH is 2. The third-order valence-corrected chi connectivity index (χ3v) is 5.04. The number of hydrogen-bond donors (Lipinski definition) is 3. The number of anilines is 1. The van der Waals surface area contributed by atoms with Gasteiger partial charge in [-0.15, -0.1) is 0 Å². The molecule has 1 spiro atoms. The van der Waals surface area contributed by atoms with Crippen LogP contribution in [0, 0.1) is 0 Å². The number of carbonyl (C=O) groups is 2. The highest BCUT2D eigenvalue weighted by molar-refractivity contribution is 6.01. The lowest BCUT2D eigenvalue weighted by molar-refractivity contribution is -0.00857. The summed E-state index contributed by atoms with van der Waals surface area (Å²) in [4.78, 5) is 26.2. The van der Waals surface area contributed by atoms with E-state index in [-0.39, 0.29) is 31.4 Å². The Morgan fingerprint density at radius 1 is 1.41 bits per heavy atom. The summed E-state index contributed by atoms with van der Waals surface area (Å²) in [6.07, 6.45) is 0.259. The van der Waals surface area contributed by atoms with Gasteiger partial charge in [0, 0.05) is 38.2 Å². The van der Waals surface area contributed by atoms with Crippen molar-refractivity contribution in [1.82, 2.24) is 4.90 Å². The van der Waals surface area contributed by atoms with Crippen molar-refractivity contribution in [2.45, 2.75) is 37.9 Å². The molecule has 3 rings (SSSR count). The first-order valence-corrected chi connectivity index (χ1v) is 9.27. The fourth-order valence-electron chi connectivity index (χ4n) is 3.49. The molecule has 2 aliphatic heterocycles. The average Bonchev–Trinajstić information content (AvgIpc) is 2.67. The van der Waals surface area contributed by atoms with Crippen LogP contribution in [0.5, 0.6) is 5.75 Å². The minimum atomic E-state index is -0.860. The van der Waals surface area contributed by atoms with Crippen LogP contribution in [0.15, 0.2) is 18.2 Å². The van der Waals surface area contributed by atoms with Gasteiger partial charge in [-0.05, 0) is 25.1 Å². The third kappa shape index (κ3) is 4.33. The predicted molar refractivity (Wildman–Crippen MR) is 98.2 cm³/mol. The Kier molecular flexibility index (Phi) is 5.86. The number of benzene rings is 1. The van der Waals surface area contributed by atoms with Gasteiger partial charge in [0.1, 0.15) is 11.4 Å². The fourth-order valence-corrected chi connectivity index (χ4v) is 3.49. The van der Waals surface area contributed by atoms with Gasteiger partial charge in [-0.1, -0.05) is 0 Å². The maximum absolute atomic E-state index is 12.7. The molecule has 1 unspecified atom stereocenters. The fraction of sp³-hybridized carbons (Fsp3) is 0.579. The second-order valence-corrected chi connectivity index (χ2v) is 7.00. The first kappa shape index (κ1) is 19.4. The van der Waals surface area contributed by atoms with Crippen molar-refractivity contribution in [1.29, 1.82) is 0 Å². The smallest absolute Gasteiger partial charge is 0.409 e. The monoisotopic (exact) mass is 378 g/mol. The molecule has 1 atom stereocenters. The van der Waals surface area contributed by atoms with Crippen LogP contribution in [0.4, 0.5) is 10.5 Å². The van der Waals surface area contributed by atoms with Gasteiger partial charge in [0.25, 0.3) is 0 Å². The first-order chi connectivity index (χ1) is 13.0. The van der Waals surface area contributed by atoms with Gasteiger partial charge in [0.05, 0.1) is 31.3 Å². The third-order valence-electron chi connectivity index (χ3n) is 5.04. The first-order valence-electron chi connectivity index (χ1n) is 9.27. The molecule has 0 aromatic heterocycles. The quantitative estimate of drug-likeness (QED) is 0.711. The van der Waals surface area contributed by atoms with Crippen molar-refractivity contribution < 1.29 is 29.3 Å². The number of nitrogens with zero attached hydrogens (tertiary/aromatic N) is 1. The van der Waals surface area contributed by atoms with Crippen molar-refractivity contribution in [2.24, 2.45) is 0 Å². The minimum Gasteiger partial charge on any atom is -0.486 e. The second kappa shape index (κ2) is 8.14. The van der Waals surface area contributed by atoms with Gasteiger partial charge >= 0.3 is 6.09 Å². The van der Waals surface area contributed by atoms with E-state index in [0.717, 1.165) is 0 Å². The highest BCUT2D eigenvalue weighted by Crippen LogP contribution is 2.40. The summed E-state index contributed by atoms with van der Waals surface area (Å²) in [5.41, 5.74) is 0.623. The van der Waals surface area contributed by atoms with Gasteiger partial charge in [-0.2, -0.15) is 0 Å². The van der Waals surface area contributed by atoms with Gasteiger partial charge in [0.2, 0.25) is 0 Å². The van der Waals surface area contributed by atoms with E-state index in [2.05, 4.69) is 5.32 Å². The zero-order valence-electron chi connectivity index (χ0n) is 15.4. The van der Waals surface area contributed by atoms with Crippen LogP contribution in [0.2, 0.25) is 0 Å². The van der Waals surface area contributed by atoms with Crippen molar-refractivity contribution in [3.63, 3.8) is 0 Å². The molecule has 0 bridgehead atoms. The molecule has 0 aliphatic carbocycles. The number of piperidine rings is 1. The summed E-state index contributed by atoms with van der Waals surface area (Å²) < 4.78 is 11.2. The molecule has 0 radical (unpaired) electrons. The molecule has 1 aromatic rings. The molecule has 8 nitrogen and oxygen atoms in total.